The minimum atomic E-state index is -0.972. The fourth-order valence-electron chi connectivity index (χ4n) is 7.62. The Labute approximate surface area is 387 Å². The lowest BCUT2D eigenvalue weighted by Gasteiger charge is -2.38. The number of amides is 3. The number of benzene rings is 2. The number of hydrogen-bond acceptors (Lipinski definition) is 9. The van der Waals surface area contributed by atoms with E-state index in [0.29, 0.717) is 24.7 Å². The van der Waals surface area contributed by atoms with Crippen molar-refractivity contribution in [3.05, 3.63) is 65.7 Å². The Morgan fingerprint density at radius 3 is 1.73 bits per heavy atom. The summed E-state index contributed by atoms with van der Waals surface area (Å²) in [4.78, 5) is 33.3. The molecular weight excluding hydrogens is 785 g/mol. The largest absolute Gasteiger partial charge is 0.497 e. The van der Waals surface area contributed by atoms with Crippen LogP contribution in [0.4, 0.5) is 4.79 Å². The fraction of sp³-hybridized carbons (Fsp3) is 0.731. The van der Waals surface area contributed by atoms with Crippen LogP contribution in [0.3, 0.4) is 0 Å². The summed E-state index contributed by atoms with van der Waals surface area (Å²) in [6.07, 6.45) is 7.89. The maximum Gasteiger partial charge on any atom is 0.325 e. The molecule has 11 heteroatoms. The molecule has 2 aromatic carbocycles. The van der Waals surface area contributed by atoms with Gasteiger partial charge in [-0.2, -0.15) is 0 Å². The van der Waals surface area contributed by atoms with Crippen LogP contribution in [0.1, 0.15) is 141 Å². The molecule has 5 rings (SSSR count). The lowest BCUT2D eigenvalue weighted by Crippen LogP contribution is -2.49. The van der Waals surface area contributed by atoms with Crippen LogP contribution in [-0.2, 0) is 16.8 Å². The molecule has 0 aliphatic carbocycles. The molecule has 362 valence electrons. The maximum absolute atomic E-state index is 12.6. The third-order valence-corrected chi connectivity index (χ3v) is 11.2. The number of likely N-dealkylation sites (tertiary alicyclic amines) is 2. The van der Waals surface area contributed by atoms with E-state index >= 15 is 0 Å². The second kappa shape index (κ2) is 26.8. The summed E-state index contributed by atoms with van der Waals surface area (Å²) in [7, 11) is 5.89. The van der Waals surface area contributed by atoms with Crippen molar-refractivity contribution in [2.24, 2.45) is 0 Å². The van der Waals surface area contributed by atoms with Crippen LogP contribution in [0, 0.1) is 0 Å². The first-order valence-corrected chi connectivity index (χ1v) is 23.4. The number of carbonyl (C=O) groups excluding carboxylic acids is 2. The van der Waals surface area contributed by atoms with E-state index in [1.54, 1.807) is 14.0 Å². The monoisotopic (exact) mass is 881 g/mol. The van der Waals surface area contributed by atoms with Crippen LogP contribution >= 0.6 is 0 Å². The number of piperidine rings is 2. The number of hydrogen-bond donors (Lipinski definition) is 4. The summed E-state index contributed by atoms with van der Waals surface area (Å²) in [5.74, 6) is 0.738. The molecule has 3 amide bonds. The van der Waals surface area contributed by atoms with Gasteiger partial charge < -0.3 is 35.8 Å². The van der Waals surface area contributed by atoms with Crippen molar-refractivity contribution in [3.63, 3.8) is 0 Å². The van der Waals surface area contributed by atoms with E-state index in [0.717, 1.165) is 37.4 Å². The highest BCUT2D eigenvalue weighted by atomic mass is 16.5. The van der Waals surface area contributed by atoms with E-state index in [1.807, 2.05) is 51.1 Å². The minimum Gasteiger partial charge on any atom is -0.497 e. The fourth-order valence-corrected chi connectivity index (χ4v) is 7.62. The van der Waals surface area contributed by atoms with Crippen molar-refractivity contribution in [2.45, 2.75) is 170 Å². The Morgan fingerprint density at radius 1 is 0.730 bits per heavy atom. The quantitative estimate of drug-likeness (QED) is 0.156. The van der Waals surface area contributed by atoms with Crippen molar-refractivity contribution in [2.75, 3.05) is 80.1 Å². The minimum absolute atomic E-state index is 0. The second-order valence-electron chi connectivity index (χ2n) is 21.9. The molecule has 3 aliphatic rings. The lowest BCUT2D eigenvalue weighted by molar-refractivity contribution is -0.131. The summed E-state index contributed by atoms with van der Waals surface area (Å²) in [6.45, 7) is 37.4. The molecule has 63 heavy (non-hydrogen) atoms. The van der Waals surface area contributed by atoms with Gasteiger partial charge in [0.25, 0.3) is 5.91 Å². The van der Waals surface area contributed by atoms with Gasteiger partial charge in [0.05, 0.1) is 7.11 Å². The first-order valence-electron chi connectivity index (χ1n) is 23.4. The Morgan fingerprint density at radius 2 is 1.27 bits per heavy atom. The zero-order valence-corrected chi connectivity index (χ0v) is 42.4. The smallest absolute Gasteiger partial charge is 0.325 e. The molecule has 0 aromatic heterocycles. The molecule has 3 saturated heterocycles. The van der Waals surface area contributed by atoms with Crippen molar-refractivity contribution in [1.29, 1.82) is 0 Å². The summed E-state index contributed by atoms with van der Waals surface area (Å²) < 4.78 is 5.20. The molecule has 11 nitrogen and oxygen atoms in total. The van der Waals surface area contributed by atoms with Gasteiger partial charge in [0.2, 0.25) is 0 Å². The van der Waals surface area contributed by atoms with E-state index in [-0.39, 0.29) is 36.0 Å². The molecule has 0 saturated carbocycles. The molecule has 1 unspecified atom stereocenters. The van der Waals surface area contributed by atoms with Crippen LogP contribution in [0.25, 0.3) is 0 Å². The highest BCUT2D eigenvalue weighted by molar-refractivity contribution is 6.07. The van der Waals surface area contributed by atoms with Gasteiger partial charge in [-0.1, -0.05) is 56.3 Å². The van der Waals surface area contributed by atoms with Crippen molar-refractivity contribution in [1.82, 2.24) is 40.9 Å². The van der Waals surface area contributed by atoms with Crippen LogP contribution < -0.4 is 26.0 Å². The second-order valence-corrected chi connectivity index (χ2v) is 21.9. The van der Waals surface area contributed by atoms with Crippen molar-refractivity contribution >= 4 is 11.9 Å². The van der Waals surface area contributed by atoms with Crippen LogP contribution in [0.2, 0.25) is 0 Å². The topological polar surface area (TPSA) is 104 Å². The maximum atomic E-state index is 12.6. The third kappa shape index (κ3) is 23.6. The van der Waals surface area contributed by atoms with Crippen LogP contribution in [0.5, 0.6) is 5.75 Å². The van der Waals surface area contributed by atoms with E-state index < -0.39 is 5.54 Å². The molecule has 2 aromatic rings. The number of methoxy groups -OCH3 is 1. The number of carbonyl (C=O) groups is 2. The van der Waals surface area contributed by atoms with E-state index in [1.165, 1.54) is 68.7 Å². The van der Waals surface area contributed by atoms with Crippen LogP contribution in [0.15, 0.2) is 54.6 Å². The van der Waals surface area contributed by atoms with Gasteiger partial charge in [0.15, 0.2) is 0 Å². The van der Waals surface area contributed by atoms with Crippen LogP contribution in [-0.4, -0.2) is 140 Å². The summed E-state index contributed by atoms with van der Waals surface area (Å²) in [6, 6.07) is 18.1. The van der Waals surface area contributed by atoms with Gasteiger partial charge in [0, 0.05) is 60.9 Å². The molecule has 4 N–H and O–H groups in total. The normalized spacial score (nSPS) is 19.2. The van der Waals surface area contributed by atoms with Gasteiger partial charge in [-0.15, -0.1) is 0 Å². The number of urea groups is 1. The van der Waals surface area contributed by atoms with Gasteiger partial charge in [-0.3, -0.25) is 14.6 Å². The average Bonchev–Trinajstić information content (AvgIpc) is 3.41. The van der Waals surface area contributed by atoms with Crippen molar-refractivity contribution < 1.29 is 14.3 Å². The SMILES string of the molecule is C.CC(C)(C)N1CCCCC1.CC(C)(C)NCCN1C(=O)NC(C)(c2ccccc2)C1=O.CN(C)CCNC(C)(C)C.COc1ccc(CCN2CCC(NC(C)(C)C)CC2)cc1. The Hall–Kier alpha value is -3.06. The lowest BCUT2D eigenvalue weighted by atomic mass is 9.92. The highest BCUT2D eigenvalue weighted by Crippen LogP contribution is 2.28. The molecule has 3 heterocycles. The first kappa shape index (κ1) is 58.0. The molecular formula is C52H96N8O3. The molecule has 0 spiro atoms. The predicted molar refractivity (Wildman–Crippen MR) is 269 cm³/mol. The third-order valence-electron chi connectivity index (χ3n) is 11.2. The highest BCUT2D eigenvalue weighted by Gasteiger charge is 2.48. The van der Waals surface area contributed by atoms with E-state index in [2.05, 4.69) is 137 Å². The summed E-state index contributed by atoms with van der Waals surface area (Å²) in [5.41, 5.74) is 2.08. The zero-order valence-electron chi connectivity index (χ0n) is 42.4. The Kier molecular flexibility index (Phi) is 24.6. The van der Waals surface area contributed by atoms with E-state index in [4.69, 9.17) is 4.74 Å². The van der Waals surface area contributed by atoms with Gasteiger partial charge in [-0.25, -0.2) is 4.79 Å². The number of likely N-dealkylation sites (N-methyl/N-ethyl adjacent to an activating group) is 1. The standard InChI is InChI=1S/C18H30N2O.C16H23N3O2.C9H19N.C8H20N2.CH4/c1-18(2,3)19-16-10-13-20(14-11-16)12-9-15-5-7-17(21-4)8-6-15;1-15(2,3)17-10-11-19-13(20)16(4,18-14(19)21)12-8-6-5-7-9-12;1-9(2,3)10-7-5-4-6-8-10;1-8(2,3)9-6-7-10(4)5;/h5-8,16,19H,9-14H2,1-4H3;5-9,17H,10-11H2,1-4H3,(H,18,21);4-8H2,1-3H3;9H,6-7H2,1-5H3;1H4. The van der Waals surface area contributed by atoms with E-state index in [9.17, 15) is 9.59 Å². The molecule has 3 aliphatic heterocycles. The predicted octanol–water partition coefficient (Wildman–Crippen LogP) is 8.77. The number of ether oxygens (including phenoxy) is 1. The summed E-state index contributed by atoms with van der Waals surface area (Å²) >= 11 is 0. The van der Waals surface area contributed by atoms with Gasteiger partial charge in [-0.05, 0) is 186 Å². The number of nitrogens with one attached hydrogen (secondary N) is 4. The Balaban J connectivity index is 0.000000443. The first-order chi connectivity index (χ1) is 28.7. The van der Waals surface area contributed by atoms with Crippen molar-refractivity contribution in [3.8, 4) is 5.75 Å². The number of rotatable bonds is 12. The number of nitrogens with zero attached hydrogens (tertiary/aromatic N) is 4. The molecule has 0 bridgehead atoms. The zero-order chi connectivity index (χ0) is 46.8. The Bertz CT molecular complexity index is 1540. The molecule has 3 fully saturated rings. The molecule has 1 atom stereocenters. The molecule has 0 radical (unpaired) electrons. The van der Waals surface area contributed by atoms with Gasteiger partial charge in [0.1, 0.15) is 11.3 Å². The number of imide groups is 1. The summed E-state index contributed by atoms with van der Waals surface area (Å²) in [5, 5.41) is 13.2. The average molecular weight is 881 g/mol. The van der Waals surface area contributed by atoms with Gasteiger partial charge >= 0.3 is 6.03 Å².